The number of carboxylic acid groups (broad SMARTS) is 1. The Balaban J connectivity index is 1.66. The van der Waals surface area contributed by atoms with Crippen molar-refractivity contribution in [1.29, 1.82) is 0 Å². The number of carbonyl (C=O) groups excluding carboxylic acids is 1. The average Bonchev–Trinajstić information content (AvgIpc) is 3.00. The molecule has 1 fully saturated rings. The Morgan fingerprint density at radius 2 is 1.58 bits per heavy atom. The maximum absolute atomic E-state index is 15.9. The first-order valence-electron chi connectivity index (χ1n) is 17.1. The van der Waals surface area contributed by atoms with Gasteiger partial charge in [-0.15, -0.1) is 0 Å². The summed E-state index contributed by atoms with van der Waals surface area (Å²) in [7, 11) is 0. The number of aryl methyl sites for hydroxylation is 2. The van der Waals surface area contributed by atoms with Crippen molar-refractivity contribution < 1.29 is 49.8 Å². The first kappa shape index (κ1) is 38.9. The highest BCUT2D eigenvalue weighted by atomic mass is 19.4. The summed E-state index contributed by atoms with van der Waals surface area (Å²) in [5.74, 6) is -5.23. The number of nitrogens with zero attached hydrogens (tertiary/aromatic N) is 3. The number of nitrogens with one attached hydrogen (secondary N) is 1. The monoisotopic (exact) mass is 742 g/mol. The molecule has 52 heavy (non-hydrogen) atoms. The second-order valence-corrected chi connectivity index (χ2v) is 13.4. The van der Waals surface area contributed by atoms with Crippen LogP contribution in [-0.4, -0.2) is 51.3 Å². The number of halogens is 8. The van der Waals surface area contributed by atoms with Crippen LogP contribution >= 0.6 is 0 Å². The van der Waals surface area contributed by atoms with Crippen molar-refractivity contribution in [2.45, 2.75) is 95.6 Å². The van der Waals surface area contributed by atoms with Crippen LogP contribution in [0.15, 0.2) is 35.1 Å². The van der Waals surface area contributed by atoms with Gasteiger partial charge in [0.25, 0.3) is 5.56 Å². The maximum atomic E-state index is 15.9. The van der Waals surface area contributed by atoms with Gasteiger partial charge in [0.2, 0.25) is 5.91 Å². The second kappa shape index (κ2) is 15.7. The minimum absolute atomic E-state index is 0.154. The number of carboxylic acids is 1. The van der Waals surface area contributed by atoms with Crippen molar-refractivity contribution in [3.05, 3.63) is 85.8 Å². The third-order valence-electron chi connectivity index (χ3n) is 9.62. The largest absolute Gasteiger partial charge is 0.481 e. The van der Waals surface area contributed by atoms with Gasteiger partial charge in [-0.05, 0) is 92.2 Å². The molecule has 0 unspecified atom stereocenters. The summed E-state index contributed by atoms with van der Waals surface area (Å²) in [5.41, 5.74) is -4.96. The van der Waals surface area contributed by atoms with Crippen LogP contribution in [0.4, 0.5) is 35.1 Å². The summed E-state index contributed by atoms with van der Waals surface area (Å²) in [5, 5.41) is 16.1. The third-order valence-corrected chi connectivity index (χ3v) is 9.62. The normalized spacial score (nSPS) is 19.4. The number of likely N-dealkylation sites (tertiary alicyclic amines) is 1. The summed E-state index contributed by atoms with van der Waals surface area (Å²) in [6.07, 6.45) is -8.10. The number of alkyl halides is 6. The molecule has 0 spiro atoms. The number of fused-ring (bicyclic) bond motifs is 4. The van der Waals surface area contributed by atoms with Crippen molar-refractivity contribution in [3.8, 4) is 11.1 Å². The number of hydrogen-bond donors (Lipinski definition) is 2. The van der Waals surface area contributed by atoms with Gasteiger partial charge in [-0.25, -0.2) is 13.5 Å². The molecular formula is C36H38F8N4O4. The van der Waals surface area contributed by atoms with E-state index in [0.29, 0.717) is 61.2 Å². The van der Waals surface area contributed by atoms with E-state index in [0.717, 1.165) is 18.6 Å². The van der Waals surface area contributed by atoms with Crippen LogP contribution in [0, 0.1) is 18.6 Å². The molecule has 2 atom stereocenters. The van der Waals surface area contributed by atoms with Crippen LogP contribution in [0.5, 0.6) is 0 Å². The Morgan fingerprint density at radius 3 is 2.21 bits per heavy atom. The Morgan fingerprint density at radius 1 is 0.904 bits per heavy atom. The molecular weight excluding hydrogens is 704 g/mol. The van der Waals surface area contributed by atoms with Crippen LogP contribution in [0.25, 0.3) is 11.1 Å². The highest BCUT2D eigenvalue weighted by Crippen LogP contribution is 2.41. The SMILES string of the molecule is Cc1cc(F)cc2c1-c1cc(c(F)c(C(F)(F)F)c1)[C@H](CC(=O)O)NC(=O)[C@@H](n1nc(CCN3CCC3)c(C(F)(F)F)cc1=O)CCCCCCC2. The molecule has 16 heteroatoms. The molecule has 0 radical (unpaired) electrons. The molecule has 5 rings (SSSR count). The Kier molecular flexibility index (Phi) is 11.8. The molecule has 2 aliphatic heterocycles. The summed E-state index contributed by atoms with van der Waals surface area (Å²) in [6.45, 7) is 3.03. The number of carbonyl (C=O) groups is 2. The highest BCUT2D eigenvalue weighted by molar-refractivity contribution is 5.82. The van der Waals surface area contributed by atoms with Crippen molar-refractivity contribution >= 4 is 11.9 Å². The van der Waals surface area contributed by atoms with Crippen molar-refractivity contribution in [3.63, 3.8) is 0 Å². The van der Waals surface area contributed by atoms with E-state index in [2.05, 4.69) is 10.4 Å². The van der Waals surface area contributed by atoms with Crippen LogP contribution in [0.1, 0.15) is 97.0 Å². The summed E-state index contributed by atoms with van der Waals surface area (Å²) < 4.78 is 116. The van der Waals surface area contributed by atoms with Gasteiger partial charge >= 0.3 is 18.3 Å². The Bertz CT molecular complexity index is 1870. The molecule has 1 saturated heterocycles. The van der Waals surface area contributed by atoms with Crippen molar-refractivity contribution in [2.24, 2.45) is 0 Å². The zero-order chi connectivity index (χ0) is 38.0. The molecule has 3 aromatic rings. The lowest BCUT2D eigenvalue weighted by molar-refractivity contribution is -0.140. The minimum Gasteiger partial charge on any atom is -0.481 e. The zero-order valence-corrected chi connectivity index (χ0v) is 28.3. The summed E-state index contributed by atoms with van der Waals surface area (Å²) >= 11 is 0. The van der Waals surface area contributed by atoms with Gasteiger partial charge in [-0.2, -0.15) is 31.4 Å². The van der Waals surface area contributed by atoms with Gasteiger partial charge in [0.05, 0.1) is 29.3 Å². The predicted molar refractivity (Wildman–Crippen MR) is 173 cm³/mol. The predicted octanol–water partition coefficient (Wildman–Crippen LogP) is 7.55. The first-order valence-corrected chi connectivity index (χ1v) is 17.1. The number of aromatic nitrogens is 2. The van der Waals surface area contributed by atoms with E-state index in [1.807, 2.05) is 4.90 Å². The minimum atomic E-state index is -5.27. The van der Waals surface area contributed by atoms with Gasteiger partial charge in [0.1, 0.15) is 17.7 Å². The molecule has 2 aromatic carbocycles. The van der Waals surface area contributed by atoms with Crippen molar-refractivity contribution in [1.82, 2.24) is 20.0 Å². The quantitative estimate of drug-likeness (QED) is 0.253. The second-order valence-electron chi connectivity index (χ2n) is 13.4. The van der Waals surface area contributed by atoms with E-state index in [4.69, 9.17) is 0 Å². The van der Waals surface area contributed by atoms with Gasteiger partial charge < -0.3 is 15.3 Å². The standard InChI is InChI=1S/C36H38F8N4O4/c1-20-14-23(37)15-21-8-5-3-2-4-6-9-29(48-30(49)18-25(35(39,40)41)27(46-48)10-13-47-11-7-12-47)34(52)45-28(19-31(50)51)24-16-22(32(20)21)17-26(33(24)38)36(42,43)44/h14-18,28-29H,2-13,19H2,1H3,(H,45,52)(H,50,51)/t28-,29-/m0/s1. The van der Waals surface area contributed by atoms with E-state index in [1.165, 1.54) is 13.0 Å². The van der Waals surface area contributed by atoms with Crippen LogP contribution in [-0.2, 0) is 34.8 Å². The lowest BCUT2D eigenvalue weighted by Gasteiger charge is -2.31. The molecule has 3 heterocycles. The molecule has 0 aliphatic carbocycles. The number of rotatable bonds is 6. The van der Waals surface area contributed by atoms with Gasteiger partial charge in [0.15, 0.2) is 0 Å². The zero-order valence-electron chi connectivity index (χ0n) is 28.3. The van der Waals surface area contributed by atoms with Crippen LogP contribution < -0.4 is 10.9 Å². The third kappa shape index (κ3) is 8.99. The van der Waals surface area contributed by atoms with E-state index in [9.17, 15) is 50.2 Å². The topological polar surface area (TPSA) is 105 Å². The lowest BCUT2D eigenvalue weighted by Crippen LogP contribution is -2.42. The maximum Gasteiger partial charge on any atom is 0.419 e. The fourth-order valence-corrected chi connectivity index (χ4v) is 6.93. The molecule has 2 N–H and O–H groups in total. The first-order chi connectivity index (χ1) is 24.4. The van der Waals surface area contributed by atoms with Gasteiger partial charge in [-0.1, -0.05) is 25.7 Å². The van der Waals surface area contributed by atoms with Crippen LogP contribution in [0.2, 0.25) is 0 Å². The molecule has 2 aliphatic rings. The van der Waals surface area contributed by atoms with E-state index in [1.54, 1.807) is 0 Å². The molecule has 1 amide bonds. The molecule has 0 saturated carbocycles. The number of aliphatic carboxylic acids is 1. The van der Waals surface area contributed by atoms with Crippen LogP contribution in [0.3, 0.4) is 0 Å². The lowest BCUT2D eigenvalue weighted by atomic mass is 9.87. The number of benzene rings is 2. The molecule has 282 valence electrons. The molecule has 8 nitrogen and oxygen atoms in total. The molecule has 2 bridgehead atoms. The average molecular weight is 743 g/mol. The Hall–Kier alpha value is -4.34. The fraction of sp³-hybridized carbons (Fsp3) is 0.500. The van der Waals surface area contributed by atoms with Gasteiger partial charge in [0, 0.05) is 24.6 Å². The number of hydrogen-bond acceptors (Lipinski definition) is 5. The summed E-state index contributed by atoms with van der Waals surface area (Å²) in [6, 6.07) is 0.654. The van der Waals surface area contributed by atoms with E-state index < -0.39 is 82.3 Å². The smallest absolute Gasteiger partial charge is 0.419 e. The summed E-state index contributed by atoms with van der Waals surface area (Å²) in [4.78, 5) is 41.2. The van der Waals surface area contributed by atoms with E-state index >= 15 is 4.39 Å². The number of amides is 1. The fourth-order valence-electron chi connectivity index (χ4n) is 6.93. The highest BCUT2D eigenvalue weighted by Gasteiger charge is 2.39. The van der Waals surface area contributed by atoms with Crippen molar-refractivity contribution in [2.75, 3.05) is 19.6 Å². The van der Waals surface area contributed by atoms with Gasteiger partial charge in [-0.3, -0.25) is 14.4 Å². The Labute approximate surface area is 293 Å². The molecule has 1 aromatic heterocycles. The van der Waals surface area contributed by atoms with E-state index in [-0.39, 0.29) is 48.9 Å².